The molecule has 3 heterocycles. The van der Waals surface area contributed by atoms with Gasteiger partial charge in [-0.25, -0.2) is 4.98 Å². The van der Waals surface area contributed by atoms with Crippen molar-refractivity contribution >= 4 is 17.4 Å². The molecule has 2 aliphatic heterocycles. The molecule has 0 aromatic carbocycles. The molecule has 2 saturated heterocycles. The van der Waals surface area contributed by atoms with Crippen LogP contribution in [0.4, 0.5) is 11.5 Å². The molecule has 2 fully saturated rings. The lowest BCUT2D eigenvalue weighted by Crippen LogP contribution is -2.46. The van der Waals surface area contributed by atoms with E-state index in [2.05, 4.69) is 15.2 Å². The third-order valence-corrected chi connectivity index (χ3v) is 3.91. The number of nitrogen functional groups attached to an aromatic ring is 1. The number of anilines is 2. The zero-order chi connectivity index (χ0) is 12.7. The highest BCUT2D eigenvalue weighted by Gasteiger charge is 2.41. The van der Waals surface area contributed by atoms with Gasteiger partial charge in [-0.15, -0.1) is 0 Å². The molecule has 2 unspecified atom stereocenters. The van der Waals surface area contributed by atoms with Crippen LogP contribution >= 0.6 is 0 Å². The lowest BCUT2D eigenvalue weighted by molar-refractivity contribution is -0.122. The van der Waals surface area contributed by atoms with E-state index in [0.29, 0.717) is 12.2 Å². The van der Waals surface area contributed by atoms with Crippen molar-refractivity contribution in [2.45, 2.75) is 25.8 Å². The van der Waals surface area contributed by atoms with Gasteiger partial charge < -0.3 is 16.0 Å². The molecule has 18 heavy (non-hydrogen) atoms. The number of carbonyl (C=O) groups is 1. The van der Waals surface area contributed by atoms with Gasteiger partial charge in [0.2, 0.25) is 5.91 Å². The second kappa shape index (κ2) is 4.15. The molecule has 2 atom stereocenters. The highest BCUT2D eigenvalue weighted by molar-refractivity contribution is 5.83. The zero-order valence-electron chi connectivity index (χ0n) is 10.5. The summed E-state index contributed by atoms with van der Waals surface area (Å²) in [7, 11) is 0. The largest absolute Gasteiger partial charge is 0.396 e. The van der Waals surface area contributed by atoms with Crippen molar-refractivity contribution in [3.63, 3.8) is 0 Å². The molecule has 0 saturated carbocycles. The van der Waals surface area contributed by atoms with Gasteiger partial charge in [-0.05, 0) is 31.4 Å². The topological polar surface area (TPSA) is 71.2 Å². The zero-order valence-corrected chi connectivity index (χ0v) is 10.5. The summed E-state index contributed by atoms with van der Waals surface area (Å²) in [5.41, 5.74) is 7.82. The summed E-state index contributed by atoms with van der Waals surface area (Å²) in [5, 5.41) is 2.94. The Morgan fingerprint density at radius 1 is 1.56 bits per heavy atom. The van der Waals surface area contributed by atoms with Crippen molar-refractivity contribution in [2.75, 3.05) is 23.7 Å². The van der Waals surface area contributed by atoms with E-state index in [4.69, 9.17) is 5.73 Å². The van der Waals surface area contributed by atoms with E-state index in [1.54, 1.807) is 0 Å². The monoisotopic (exact) mass is 246 g/mol. The minimum atomic E-state index is 0.0984. The maximum atomic E-state index is 11.7. The summed E-state index contributed by atoms with van der Waals surface area (Å²) in [6.45, 7) is 3.61. The van der Waals surface area contributed by atoms with Crippen molar-refractivity contribution in [3.05, 3.63) is 17.8 Å². The fourth-order valence-corrected chi connectivity index (χ4v) is 3.04. The number of amides is 1. The van der Waals surface area contributed by atoms with Crippen LogP contribution in [0, 0.1) is 12.8 Å². The molecule has 1 aromatic rings. The average Bonchev–Trinajstić information content (AvgIpc) is 2.72. The van der Waals surface area contributed by atoms with Crippen LogP contribution in [0.3, 0.4) is 0 Å². The van der Waals surface area contributed by atoms with E-state index in [1.807, 2.05) is 19.2 Å². The first-order chi connectivity index (χ1) is 8.66. The van der Waals surface area contributed by atoms with Crippen LogP contribution in [-0.2, 0) is 4.79 Å². The molecular weight excluding hydrogens is 228 g/mol. The van der Waals surface area contributed by atoms with Crippen LogP contribution < -0.4 is 16.0 Å². The molecular formula is C13H18N4O. The number of pyridine rings is 1. The number of nitrogens with one attached hydrogen (secondary N) is 1. The summed E-state index contributed by atoms with van der Waals surface area (Å²) >= 11 is 0. The Morgan fingerprint density at radius 3 is 3.17 bits per heavy atom. The minimum absolute atomic E-state index is 0.0984. The van der Waals surface area contributed by atoms with Gasteiger partial charge >= 0.3 is 0 Å². The molecule has 1 aromatic heterocycles. The summed E-state index contributed by atoms with van der Waals surface area (Å²) in [5.74, 6) is 1.10. The van der Waals surface area contributed by atoms with Crippen molar-refractivity contribution in [3.8, 4) is 0 Å². The number of hydrogen-bond acceptors (Lipinski definition) is 4. The normalized spacial score (nSPS) is 26.9. The van der Waals surface area contributed by atoms with E-state index in [-0.39, 0.29) is 17.9 Å². The summed E-state index contributed by atoms with van der Waals surface area (Å²) in [6.07, 6.45) is 3.82. The number of nitrogens with zero attached hydrogens (tertiary/aromatic N) is 2. The van der Waals surface area contributed by atoms with Crippen LogP contribution in [0.1, 0.15) is 18.4 Å². The van der Waals surface area contributed by atoms with Crippen LogP contribution in [0.5, 0.6) is 0 Å². The molecule has 0 spiro atoms. The number of carbonyl (C=O) groups excluding carboxylic acids is 1. The predicted octanol–water partition coefficient (Wildman–Crippen LogP) is 0.687. The third-order valence-electron chi connectivity index (χ3n) is 3.91. The van der Waals surface area contributed by atoms with Gasteiger partial charge in [-0.3, -0.25) is 4.79 Å². The molecule has 5 heteroatoms. The predicted molar refractivity (Wildman–Crippen MR) is 70.3 cm³/mol. The van der Waals surface area contributed by atoms with E-state index >= 15 is 0 Å². The first kappa shape index (κ1) is 11.3. The van der Waals surface area contributed by atoms with Crippen LogP contribution in [0.2, 0.25) is 0 Å². The van der Waals surface area contributed by atoms with Crippen molar-refractivity contribution in [2.24, 2.45) is 5.92 Å². The van der Waals surface area contributed by atoms with Crippen molar-refractivity contribution in [1.29, 1.82) is 0 Å². The minimum Gasteiger partial charge on any atom is -0.396 e. The molecule has 96 valence electrons. The van der Waals surface area contributed by atoms with Gasteiger partial charge in [0.25, 0.3) is 0 Å². The molecule has 0 bridgehead atoms. The lowest BCUT2D eigenvalue weighted by Gasteiger charge is -2.37. The molecule has 5 nitrogen and oxygen atoms in total. The van der Waals surface area contributed by atoms with E-state index in [1.165, 1.54) is 0 Å². The Morgan fingerprint density at radius 2 is 2.39 bits per heavy atom. The van der Waals surface area contributed by atoms with Gasteiger partial charge in [-0.1, -0.05) is 0 Å². The standard InChI is InChI=1S/C13H18N4O/c1-8-5-10(14)12(15-6-8)17-4-2-3-9-11(17)7-16-13(9)18/h5-6,9,11H,2-4,7,14H2,1H3,(H,16,18). The number of aryl methyl sites for hydroxylation is 1. The fourth-order valence-electron chi connectivity index (χ4n) is 3.04. The Bertz CT molecular complexity index is 488. The second-order valence-corrected chi connectivity index (χ2v) is 5.18. The maximum Gasteiger partial charge on any atom is 0.225 e. The van der Waals surface area contributed by atoms with Gasteiger partial charge in [-0.2, -0.15) is 0 Å². The highest BCUT2D eigenvalue weighted by atomic mass is 16.2. The van der Waals surface area contributed by atoms with Crippen molar-refractivity contribution < 1.29 is 4.79 Å². The molecule has 0 aliphatic carbocycles. The van der Waals surface area contributed by atoms with Gasteiger partial charge in [0.1, 0.15) is 0 Å². The van der Waals surface area contributed by atoms with Crippen LogP contribution in [-0.4, -0.2) is 30.0 Å². The smallest absolute Gasteiger partial charge is 0.225 e. The molecule has 2 aliphatic rings. The summed E-state index contributed by atoms with van der Waals surface area (Å²) in [4.78, 5) is 18.4. The van der Waals surface area contributed by atoms with Gasteiger partial charge in [0.15, 0.2) is 5.82 Å². The number of rotatable bonds is 1. The fraction of sp³-hybridized carbons (Fsp3) is 0.538. The SMILES string of the molecule is Cc1cnc(N2CCCC3C(=O)NCC32)c(N)c1. The lowest BCUT2D eigenvalue weighted by atomic mass is 9.91. The number of hydrogen-bond donors (Lipinski definition) is 2. The Labute approximate surface area is 106 Å². The maximum absolute atomic E-state index is 11.7. The molecule has 3 N–H and O–H groups in total. The number of nitrogens with two attached hydrogens (primary N) is 1. The summed E-state index contributed by atoms with van der Waals surface area (Å²) in [6, 6.07) is 2.15. The third kappa shape index (κ3) is 1.70. The highest BCUT2D eigenvalue weighted by Crippen LogP contribution is 2.33. The van der Waals surface area contributed by atoms with Crippen LogP contribution in [0.15, 0.2) is 12.3 Å². The Hall–Kier alpha value is -1.78. The van der Waals surface area contributed by atoms with Gasteiger partial charge in [0, 0.05) is 19.3 Å². The quantitative estimate of drug-likeness (QED) is 0.764. The van der Waals surface area contributed by atoms with E-state index < -0.39 is 0 Å². The average molecular weight is 246 g/mol. The van der Waals surface area contributed by atoms with E-state index in [9.17, 15) is 4.79 Å². The number of piperidine rings is 1. The Balaban J connectivity index is 1.93. The first-order valence-electron chi connectivity index (χ1n) is 6.43. The molecule has 1 amide bonds. The summed E-state index contributed by atoms with van der Waals surface area (Å²) < 4.78 is 0. The second-order valence-electron chi connectivity index (χ2n) is 5.18. The number of aromatic nitrogens is 1. The molecule has 0 radical (unpaired) electrons. The number of fused-ring (bicyclic) bond motifs is 1. The first-order valence-corrected chi connectivity index (χ1v) is 6.43. The van der Waals surface area contributed by atoms with E-state index in [0.717, 1.165) is 30.8 Å². The Kier molecular flexibility index (Phi) is 2.61. The van der Waals surface area contributed by atoms with Gasteiger partial charge in [0.05, 0.1) is 17.6 Å². The van der Waals surface area contributed by atoms with Crippen molar-refractivity contribution in [1.82, 2.24) is 10.3 Å². The van der Waals surface area contributed by atoms with Crippen LogP contribution in [0.25, 0.3) is 0 Å². The molecule has 3 rings (SSSR count).